The van der Waals surface area contributed by atoms with Gasteiger partial charge in [-0.15, -0.1) is 0 Å². The Hall–Kier alpha value is -3.29. The van der Waals surface area contributed by atoms with Gasteiger partial charge in [-0.05, 0) is 47.9 Å². The number of hydrogen-bond donors (Lipinski definition) is 0. The Kier molecular flexibility index (Phi) is 4.77. The lowest BCUT2D eigenvalue weighted by atomic mass is 10.1. The Morgan fingerprint density at radius 3 is 2.36 bits per heavy atom. The number of hydrogen-bond acceptors (Lipinski definition) is 3. The summed E-state index contributed by atoms with van der Waals surface area (Å²) in [5, 5.41) is 0.724. The molecule has 0 saturated heterocycles. The van der Waals surface area contributed by atoms with Crippen molar-refractivity contribution in [1.82, 2.24) is 14.5 Å². The van der Waals surface area contributed by atoms with E-state index in [-0.39, 0.29) is 0 Å². The number of aryl methyl sites for hydroxylation is 1. The van der Waals surface area contributed by atoms with E-state index >= 15 is 0 Å². The van der Waals surface area contributed by atoms with Gasteiger partial charge in [0.1, 0.15) is 5.69 Å². The van der Waals surface area contributed by atoms with Crippen LogP contribution in [0.2, 0.25) is 5.02 Å². The highest BCUT2D eigenvalue weighted by molar-refractivity contribution is 6.30. The summed E-state index contributed by atoms with van der Waals surface area (Å²) < 4.78 is 2.07. The standard InChI is InChI=1S/C23H19ClN4/c1-27(2)23-26-21-14-16(5-13-22(21)28(23)3)4-11-20-12-8-18(15-25-20)17-6-9-19(24)10-7-17/h5-10,12-15H,1-3H3. The zero-order chi connectivity index (χ0) is 19.7. The van der Waals surface area contributed by atoms with Gasteiger partial charge in [0, 0.05) is 43.5 Å². The molecule has 138 valence electrons. The first-order chi connectivity index (χ1) is 13.5. The van der Waals surface area contributed by atoms with Crippen molar-refractivity contribution in [1.29, 1.82) is 0 Å². The summed E-state index contributed by atoms with van der Waals surface area (Å²) in [7, 11) is 5.99. The summed E-state index contributed by atoms with van der Waals surface area (Å²) in [5.41, 5.74) is 5.78. The van der Waals surface area contributed by atoms with E-state index in [0.29, 0.717) is 0 Å². The van der Waals surface area contributed by atoms with Crippen LogP contribution in [0.15, 0.2) is 60.8 Å². The van der Waals surface area contributed by atoms with Crippen LogP contribution < -0.4 is 4.90 Å². The summed E-state index contributed by atoms with van der Waals surface area (Å²) in [6.07, 6.45) is 1.83. The van der Waals surface area contributed by atoms with Crippen molar-refractivity contribution in [2.24, 2.45) is 7.05 Å². The molecule has 0 saturated carbocycles. The normalized spacial score (nSPS) is 10.6. The van der Waals surface area contributed by atoms with Crippen molar-refractivity contribution in [3.63, 3.8) is 0 Å². The number of anilines is 1. The van der Waals surface area contributed by atoms with E-state index in [1.54, 1.807) is 0 Å². The molecular weight excluding hydrogens is 368 g/mol. The molecule has 4 aromatic rings. The van der Waals surface area contributed by atoms with Gasteiger partial charge in [0.15, 0.2) is 0 Å². The van der Waals surface area contributed by atoms with Crippen LogP contribution in [0.1, 0.15) is 11.3 Å². The van der Waals surface area contributed by atoms with Crippen LogP contribution in [0.4, 0.5) is 5.95 Å². The molecule has 0 amide bonds. The van der Waals surface area contributed by atoms with Gasteiger partial charge in [-0.2, -0.15) is 0 Å². The largest absolute Gasteiger partial charge is 0.348 e. The molecule has 0 radical (unpaired) electrons. The van der Waals surface area contributed by atoms with Gasteiger partial charge in [-0.3, -0.25) is 0 Å². The van der Waals surface area contributed by atoms with Crippen LogP contribution in [-0.4, -0.2) is 28.6 Å². The SMILES string of the molecule is CN(C)c1nc2cc(C#Cc3ccc(-c4ccc(Cl)cc4)cn3)ccc2n1C. The molecule has 0 aliphatic carbocycles. The van der Waals surface area contributed by atoms with E-state index < -0.39 is 0 Å². The van der Waals surface area contributed by atoms with Crippen molar-refractivity contribution in [3.05, 3.63) is 77.1 Å². The quantitative estimate of drug-likeness (QED) is 0.466. The molecule has 0 atom stereocenters. The van der Waals surface area contributed by atoms with Crippen LogP contribution in [0.3, 0.4) is 0 Å². The molecule has 4 rings (SSSR count). The highest BCUT2D eigenvalue weighted by atomic mass is 35.5. The van der Waals surface area contributed by atoms with E-state index in [1.807, 2.05) is 80.8 Å². The van der Waals surface area contributed by atoms with Gasteiger partial charge in [0.25, 0.3) is 0 Å². The Morgan fingerprint density at radius 2 is 1.68 bits per heavy atom. The molecule has 2 aromatic carbocycles. The zero-order valence-electron chi connectivity index (χ0n) is 15.9. The van der Waals surface area contributed by atoms with Crippen LogP contribution >= 0.6 is 11.6 Å². The fourth-order valence-corrected chi connectivity index (χ4v) is 3.21. The fraction of sp³-hybridized carbons (Fsp3) is 0.130. The van der Waals surface area contributed by atoms with E-state index in [0.717, 1.165) is 44.4 Å². The number of rotatable bonds is 2. The number of benzene rings is 2. The first-order valence-corrected chi connectivity index (χ1v) is 9.27. The van der Waals surface area contributed by atoms with Crippen molar-refractivity contribution >= 4 is 28.6 Å². The molecule has 2 heterocycles. The maximum atomic E-state index is 5.94. The Bertz CT molecular complexity index is 1190. The molecule has 0 spiro atoms. The topological polar surface area (TPSA) is 34.0 Å². The summed E-state index contributed by atoms with van der Waals surface area (Å²) in [5.74, 6) is 7.23. The monoisotopic (exact) mass is 386 g/mol. The van der Waals surface area contributed by atoms with E-state index in [1.165, 1.54) is 0 Å². The summed E-state index contributed by atoms with van der Waals surface area (Å²) in [6, 6.07) is 17.7. The predicted octanol–water partition coefficient (Wildman–Crippen LogP) is 4.75. The Morgan fingerprint density at radius 1 is 0.929 bits per heavy atom. The van der Waals surface area contributed by atoms with Crippen molar-refractivity contribution < 1.29 is 0 Å². The third-order valence-electron chi connectivity index (χ3n) is 4.53. The lowest BCUT2D eigenvalue weighted by Crippen LogP contribution is -2.13. The minimum absolute atomic E-state index is 0.724. The van der Waals surface area contributed by atoms with Crippen molar-refractivity contribution in [3.8, 4) is 23.0 Å². The number of nitrogens with zero attached hydrogens (tertiary/aromatic N) is 4. The predicted molar refractivity (Wildman–Crippen MR) is 116 cm³/mol. The summed E-state index contributed by atoms with van der Waals surface area (Å²) in [6.45, 7) is 0. The molecule has 0 aliphatic rings. The lowest BCUT2D eigenvalue weighted by Gasteiger charge is -2.10. The van der Waals surface area contributed by atoms with E-state index in [4.69, 9.17) is 11.6 Å². The third kappa shape index (κ3) is 3.58. The second kappa shape index (κ2) is 7.38. The van der Waals surface area contributed by atoms with Crippen molar-refractivity contribution in [2.75, 3.05) is 19.0 Å². The maximum absolute atomic E-state index is 5.94. The van der Waals surface area contributed by atoms with Crippen molar-refractivity contribution in [2.45, 2.75) is 0 Å². The Labute approximate surface area is 169 Å². The Balaban J connectivity index is 1.59. The van der Waals surface area contributed by atoms with Crippen LogP contribution in [0.5, 0.6) is 0 Å². The number of halogens is 1. The molecule has 0 aliphatic heterocycles. The first-order valence-electron chi connectivity index (χ1n) is 8.89. The maximum Gasteiger partial charge on any atom is 0.205 e. The molecular formula is C23H19ClN4. The smallest absolute Gasteiger partial charge is 0.205 e. The van der Waals surface area contributed by atoms with Gasteiger partial charge in [-0.1, -0.05) is 35.7 Å². The molecule has 0 fully saturated rings. The number of aromatic nitrogens is 3. The molecule has 2 aromatic heterocycles. The number of imidazole rings is 1. The molecule has 4 nitrogen and oxygen atoms in total. The average Bonchev–Trinajstić information content (AvgIpc) is 3.04. The zero-order valence-corrected chi connectivity index (χ0v) is 16.7. The highest BCUT2D eigenvalue weighted by Gasteiger charge is 2.09. The number of pyridine rings is 1. The van der Waals surface area contributed by atoms with Gasteiger partial charge in [0.05, 0.1) is 11.0 Å². The van der Waals surface area contributed by atoms with E-state index in [9.17, 15) is 0 Å². The van der Waals surface area contributed by atoms with Crippen LogP contribution in [-0.2, 0) is 7.05 Å². The first kappa shape index (κ1) is 18.1. The molecule has 28 heavy (non-hydrogen) atoms. The minimum Gasteiger partial charge on any atom is -0.348 e. The summed E-state index contributed by atoms with van der Waals surface area (Å²) in [4.78, 5) is 11.1. The van der Waals surface area contributed by atoms with E-state index in [2.05, 4.69) is 32.4 Å². The van der Waals surface area contributed by atoms with Gasteiger partial charge >= 0.3 is 0 Å². The molecule has 5 heteroatoms. The average molecular weight is 387 g/mol. The molecule has 0 unspecified atom stereocenters. The third-order valence-corrected chi connectivity index (χ3v) is 4.79. The van der Waals surface area contributed by atoms with Gasteiger partial charge < -0.3 is 9.47 Å². The van der Waals surface area contributed by atoms with Gasteiger partial charge in [-0.25, -0.2) is 9.97 Å². The molecule has 0 bridgehead atoms. The highest BCUT2D eigenvalue weighted by Crippen LogP contribution is 2.22. The van der Waals surface area contributed by atoms with Gasteiger partial charge in [0.2, 0.25) is 5.95 Å². The number of fused-ring (bicyclic) bond motifs is 1. The lowest BCUT2D eigenvalue weighted by molar-refractivity contribution is 0.890. The second-order valence-electron chi connectivity index (χ2n) is 6.76. The van der Waals surface area contributed by atoms with Crippen LogP contribution in [0.25, 0.3) is 22.2 Å². The molecule has 0 N–H and O–H groups in total. The minimum atomic E-state index is 0.724. The summed E-state index contributed by atoms with van der Waals surface area (Å²) >= 11 is 5.94. The second-order valence-corrected chi connectivity index (χ2v) is 7.19. The fourth-order valence-electron chi connectivity index (χ4n) is 3.08. The van der Waals surface area contributed by atoms with Crippen LogP contribution in [0, 0.1) is 11.8 Å².